The quantitative estimate of drug-likeness (QED) is 0.419. The second-order valence-electron chi connectivity index (χ2n) is 4.76. The average molecular weight is 309 g/mol. The standard InChI is InChI=1S/C16H11N3O4/c1-23-16(20)11-6-10(7-12(8-11)19(21)22)15-9-17-13-4-2-3-5-14(13)18-15/h2-9H,1H3. The number of hydrogen-bond acceptors (Lipinski definition) is 6. The number of hydrogen-bond donors (Lipinski definition) is 0. The van der Waals surface area contributed by atoms with Gasteiger partial charge in [0.25, 0.3) is 5.69 Å². The van der Waals surface area contributed by atoms with E-state index in [1.54, 1.807) is 6.07 Å². The molecule has 0 bridgehead atoms. The molecule has 114 valence electrons. The largest absolute Gasteiger partial charge is 0.465 e. The van der Waals surface area contributed by atoms with Gasteiger partial charge in [-0.2, -0.15) is 0 Å². The van der Waals surface area contributed by atoms with E-state index in [1.807, 2.05) is 18.2 Å². The summed E-state index contributed by atoms with van der Waals surface area (Å²) in [6.07, 6.45) is 1.52. The van der Waals surface area contributed by atoms with Gasteiger partial charge in [-0.05, 0) is 18.2 Å². The number of fused-ring (bicyclic) bond motifs is 1. The Hall–Kier alpha value is -3.35. The minimum Gasteiger partial charge on any atom is -0.465 e. The molecule has 3 rings (SSSR count). The molecule has 0 fully saturated rings. The molecule has 3 aromatic rings. The van der Waals surface area contributed by atoms with Crippen LogP contribution < -0.4 is 0 Å². The molecule has 0 spiro atoms. The predicted molar refractivity (Wildman–Crippen MR) is 83.0 cm³/mol. The highest BCUT2D eigenvalue weighted by Gasteiger charge is 2.16. The van der Waals surface area contributed by atoms with Gasteiger partial charge in [-0.3, -0.25) is 15.1 Å². The second-order valence-corrected chi connectivity index (χ2v) is 4.76. The van der Waals surface area contributed by atoms with Gasteiger partial charge in [-0.15, -0.1) is 0 Å². The molecule has 7 nitrogen and oxygen atoms in total. The Morgan fingerprint density at radius 1 is 1.17 bits per heavy atom. The number of esters is 1. The first-order valence-corrected chi connectivity index (χ1v) is 6.68. The number of nitro benzene ring substituents is 1. The number of para-hydroxylation sites is 2. The molecular weight excluding hydrogens is 298 g/mol. The van der Waals surface area contributed by atoms with Gasteiger partial charge < -0.3 is 4.74 Å². The molecule has 0 unspecified atom stereocenters. The van der Waals surface area contributed by atoms with Crippen molar-refractivity contribution in [1.29, 1.82) is 0 Å². The van der Waals surface area contributed by atoms with Crippen molar-refractivity contribution in [3.05, 3.63) is 64.3 Å². The summed E-state index contributed by atoms with van der Waals surface area (Å²) in [4.78, 5) is 30.9. The second kappa shape index (κ2) is 5.80. The Morgan fingerprint density at radius 2 is 1.91 bits per heavy atom. The highest BCUT2D eigenvalue weighted by Crippen LogP contribution is 2.26. The van der Waals surface area contributed by atoms with E-state index in [-0.39, 0.29) is 11.3 Å². The number of non-ortho nitro benzene ring substituents is 1. The number of nitrogens with zero attached hydrogens (tertiary/aromatic N) is 3. The predicted octanol–water partition coefficient (Wildman–Crippen LogP) is 2.99. The number of rotatable bonds is 3. The number of ether oxygens (including phenoxy) is 1. The zero-order chi connectivity index (χ0) is 16.4. The molecular formula is C16H11N3O4. The molecule has 2 aromatic carbocycles. The van der Waals surface area contributed by atoms with Crippen LogP contribution in [0.3, 0.4) is 0 Å². The van der Waals surface area contributed by atoms with Crippen LogP contribution in [0.15, 0.2) is 48.7 Å². The van der Waals surface area contributed by atoms with Crippen molar-refractivity contribution in [2.45, 2.75) is 0 Å². The molecule has 23 heavy (non-hydrogen) atoms. The first kappa shape index (κ1) is 14.6. The highest BCUT2D eigenvalue weighted by atomic mass is 16.6. The maximum atomic E-state index is 11.7. The van der Waals surface area contributed by atoms with Gasteiger partial charge >= 0.3 is 5.97 Å². The fourth-order valence-electron chi connectivity index (χ4n) is 2.20. The van der Waals surface area contributed by atoms with E-state index in [0.717, 1.165) is 5.52 Å². The third kappa shape index (κ3) is 2.84. The zero-order valence-electron chi connectivity index (χ0n) is 12.1. The molecule has 1 heterocycles. The van der Waals surface area contributed by atoms with Crippen LogP contribution in [0.25, 0.3) is 22.3 Å². The Balaban J connectivity index is 2.18. The average Bonchev–Trinajstić information content (AvgIpc) is 2.60. The Morgan fingerprint density at radius 3 is 2.61 bits per heavy atom. The molecule has 0 aliphatic rings. The summed E-state index contributed by atoms with van der Waals surface area (Å²) in [5.74, 6) is -0.649. The summed E-state index contributed by atoms with van der Waals surface area (Å²) in [7, 11) is 1.22. The lowest BCUT2D eigenvalue weighted by molar-refractivity contribution is -0.384. The lowest BCUT2D eigenvalue weighted by atomic mass is 10.1. The van der Waals surface area contributed by atoms with Crippen molar-refractivity contribution in [2.75, 3.05) is 7.11 Å². The fourth-order valence-corrected chi connectivity index (χ4v) is 2.20. The molecule has 1 aromatic heterocycles. The van der Waals surface area contributed by atoms with Gasteiger partial charge in [0.2, 0.25) is 0 Å². The van der Waals surface area contributed by atoms with Gasteiger partial charge in [0.1, 0.15) is 0 Å². The number of benzene rings is 2. The van der Waals surface area contributed by atoms with Crippen LogP contribution in [-0.4, -0.2) is 28.0 Å². The fraction of sp³-hybridized carbons (Fsp3) is 0.0625. The van der Waals surface area contributed by atoms with Crippen molar-refractivity contribution >= 4 is 22.7 Å². The van der Waals surface area contributed by atoms with Gasteiger partial charge in [-0.1, -0.05) is 12.1 Å². The number of nitro groups is 1. The van der Waals surface area contributed by atoms with E-state index in [0.29, 0.717) is 16.8 Å². The van der Waals surface area contributed by atoms with Gasteiger partial charge in [0.15, 0.2) is 0 Å². The number of aromatic nitrogens is 2. The molecule has 0 aliphatic carbocycles. The van der Waals surface area contributed by atoms with Crippen LogP contribution in [0.1, 0.15) is 10.4 Å². The third-order valence-corrected chi connectivity index (χ3v) is 3.29. The Kier molecular flexibility index (Phi) is 3.68. The lowest BCUT2D eigenvalue weighted by Gasteiger charge is -2.05. The van der Waals surface area contributed by atoms with Crippen LogP contribution in [-0.2, 0) is 4.74 Å². The van der Waals surface area contributed by atoms with Crippen molar-refractivity contribution in [2.24, 2.45) is 0 Å². The molecule has 0 saturated heterocycles. The van der Waals surface area contributed by atoms with E-state index in [1.165, 1.54) is 31.5 Å². The van der Waals surface area contributed by atoms with Crippen molar-refractivity contribution in [1.82, 2.24) is 9.97 Å². The van der Waals surface area contributed by atoms with Crippen LogP contribution in [0, 0.1) is 10.1 Å². The first-order valence-electron chi connectivity index (χ1n) is 6.68. The summed E-state index contributed by atoms with van der Waals surface area (Å²) >= 11 is 0. The third-order valence-electron chi connectivity index (χ3n) is 3.29. The maximum absolute atomic E-state index is 11.7. The number of carbonyl (C=O) groups is 1. The summed E-state index contributed by atoms with van der Waals surface area (Å²) in [6.45, 7) is 0. The minimum atomic E-state index is -0.649. The van der Waals surface area contributed by atoms with Crippen molar-refractivity contribution in [3.8, 4) is 11.3 Å². The smallest absolute Gasteiger partial charge is 0.338 e. The number of methoxy groups -OCH3 is 1. The highest BCUT2D eigenvalue weighted by molar-refractivity contribution is 5.92. The lowest BCUT2D eigenvalue weighted by Crippen LogP contribution is -2.03. The summed E-state index contributed by atoms with van der Waals surface area (Å²) in [5.41, 5.74) is 2.13. The Bertz CT molecular complexity index is 924. The number of carbonyl (C=O) groups excluding carboxylic acids is 1. The van der Waals surface area contributed by atoms with E-state index in [9.17, 15) is 14.9 Å². The van der Waals surface area contributed by atoms with Gasteiger partial charge in [0, 0.05) is 17.7 Å². The molecule has 7 heteroatoms. The molecule has 0 atom stereocenters. The van der Waals surface area contributed by atoms with Crippen molar-refractivity contribution < 1.29 is 14.5 Å². The zero-order valence-corrected chi connectivity index (χ0v) is 12.1. The molecule has 0 N–H and O–H groups in total. The van der Waals surface area contributed by atoms with Gasteiger partial charge in [0.05, 0.1) is 40.5 Å². The topological polar surface area (TPSA) is 95.2 Å². The normalized spacial score (nSPS) is 10.5. The molecule has 0 aliphatic heterocycles. The molecule has 0 amide bonds. The summed E-state index contributed by atoms with van der Waals surface area (Å²) in [6, 6.07) is 11.3. The molecule has 0 saturated carbocycles. The van der Waals surface area contributed by atoms with Crippen LogP contribution >= 0.6 is 0 Å². The van der Waals surface area contributed by atoms with E-state index >= 15 is 0 Å². The maximum Gasteiger partial charge on any atom is 0.338 e. The van der Waals surface area contributed by atoms with Gasteiger partial charge in [-0.25, -0.2) is 9.78 Å². The van der Waals surface area contributed by atoms with E-state index < -0.39 is 10.9 Å². The van der Waals surface area contributed by atoms with Crippen LogP contribution in [0.4, 0.5) is 5.69 Å². The SMILES string of the molecule is COC(=O)c1cc(-c2cnc3ccccc3n2)cc([N+](=O)[O-])c1. The van der Waals surface area contributed by atoms with Crippen LogP contribution in [0.5, 0.6) is 0 Å². The van der Waals surface area contributed by atoms with E-state index in [2.05, 4.69) is 14.7 Å². The minimum absolute atomic E-state index is 0.0895. The van der Waals surface area contributed by atoms with Crippen molar-refractivity contribution in [3.63, 3.8) is 0 Å². The van der Waals surface area contributed by atoms with E-state index in [4.69, 9.17) is 0 Å². The Labute approximate surface area is 130 Å². The summed E-state index contributed by atoms with van der Waals surface area (Å²) in [5, 5.41) is 11.1. The monoisotopic (exact) mass is 309 g/mol. The van der Waals surface area contributed by atoms with Crippen LogP contribution in [0.2, 0.25) is 0 Å². The summed E-state index contributed by atoms with van der Waals surface area (Å²) < 4.78 is 4.63. The molecule has 0 radical (unpaired) electrons. The first-order chi connectivity index (χ1) is 11.1.